The minimum absolute atomic E-state index is 0.000573. The number of aliphatic hydroxyl groups excluding tert-OH is 1. The smallest absolute Gasteiger partial charge is 0.245 e. The number of thioether (sulfide) groups is 2. The zero-order valence-electron chi connectivity index (χ0n) is 74.6. The van der Waals surface area contributed by atoms with E-state index in [2.05, 4.69) is 85.1 Å². The highest BCUT2D eigenvalue weighted by Crippen LogP contribution is 2.22. The average molecular weight is 1790 g/mol. The second kappa shape index (κ2) is 58.3. The summed E-state index contributed by atoms with van der Waals surface area (Å²) in [5.41, 5.74) is 25.2. The lowest BCUT2D eigenvalue weighted by atomic mass is 9.95. The molecule has 38 nitrogen and oxygen atoms in total. The molecule has 0 aromatic heterocycles. The van der Waals surface area contributed by atoms with Crippen LogP contribution in [0.2, 0.25) is 0 Å². The van der Waals surface area contributed by atoms with Crippen molar-refractivity contribution in [2.24, 2.45) is 52.5 Å². The predicted molar refractivity (Wildman–Crippen MR) is 477 cm³/mol. The van der Waals surface area contributed by atoms with Gasteiger partial charge in [-0.15, -0.1) is 0 Å². The first-order valence-corrected chi connectivity index (χ1v) is 45.5. The molecule has 2 aromatic carbocycles. The van der Waals surface area contributed by atoms with Crippen LogP contribution in [0.15, 0.2) is 54.6 Å². The third kappa shape index (κ3) is 40.9. The van der Waals surface area contributed by atoms with E-state index in [1.165, 1.54) is 44.3 Å². The number of benzene rings is 2. The van der Waals surface area contributed by atoms with Gasteiger partial charge in [-0.3, -0.25) is 81.5 Å². The van der Waals surface area contributed by atoms with Crippen LogP contribution in [-0.4, -0.2) is 241 Å². The minimum atomic E-state index is -1.74. The summed E-state index contributed by atoms with van der Waals surface area (Å²) in [4.78, 5) is 237. The lowest BCUT2D eigenvalue weighted by Gasteiger charge is -2.30. The summed E-state index contributed by atoms with van der Waals surface area (Å²) in [5.74, 6) is -15.1. The van der Waals surface area contributed by atoms with E-state index in [1.807, 2.05) is 45.9 Å². The number of nitrogens with one attached hydrogen (secondary N) is 16. The highest BCUT2D eigenvalue weighted by molar-refractivity contribution is 7.98. The summed E-state index contributed by atoms with van der Waals surface area (Å²) in [6.07, 6.45) is 3.37. The Morgan fingerprint density at radius 3 is 1.54 bits per heavy atom. The van der Waals surface area contributed by atoms with Gasteiger partial charge in [0.15, 0.2) is 0 Å². The Bertz CT molecular complexity index is 3870. The van der Waals surface area contributed by atoms with Crippen LogP contribution in [-0.2, 0) is 99.4 Å². The van der Waals surface area contributed by atoms with Crippen LogP contribution in [0, 0.1) is 29.6 Å². The number of primary amides is 1. The van der Waals surface area contributed by atoms with Crippen molar-refractivity contribution in [2.45, 2.75) is 276 Å². The number of rotatable bonds is 48. The number of nitrogens with two attached hydrogens (primary N) is 4. The number of carbonyl (C=O) groups excluding carboxylic acids is 17. The first-order chi connectivity index (χ1) is 59.2. The molecule has 3 rings (SSSR count). The van der Waals surface area contributed by atoms with Crippen LogP contribution >= 0.6 is 23.5 Å². The normalized spacial score (nSPS) is 18.8. The molecule has 25 N–H and O–H groups in total. The van der Waals surface area contributed by atoms with Crippen molar-refractivity contribution < 1.29 is 86.6 Å². The van der Waals surface area contributed by atoms with Crippen molar-refractivity contribution >= 4 is 124 Å². The number of aliphatic hydroxyl groups is 1. The Morgan fingerprint density at radius 2 is 0.984 bits per heavy atom. The predicted octanol–water partition coefficient (Wildman–Crippen LogP) is -1.81. The zero-order chi connectivity index (χ0) is 93.6. The highest BCUT2D eigenvalue weighted by Gasteiger charge is 2.40. The Labute approximate surface area is 742 Å². The number of hydrogen-bond acceptors (Lipinski definition) is 23. The summed E-state index contributed by atoms with van der Waals surface area (Å²) < 4.78 is 0. The summed E-state index contributed by atoms with van der Waals surface area (Å²) >= 11 is 2.46. The number of carbonyl (C=O) groups is 17. The maximum absolute atomic E-state index is 14.9. The molecule has 700 valence electrons. The Kier molecular flexibility index (Phi) is 50.9. The Hall–Kier alpha value is -10.0. The van der Waals surface area contributed by atoms with Crippen molar-refractivity contribution in [1.29, 1.82) is 0 Å². The Morgan fingerprint density at radius 1 is 0.480 bits per heavy atom. The molecule has 2 bridgehead atoms. The van der Waals surface area contributed by atoms with Crippen LogP contribution in [0.25, 0.3) is 0 Å². The molecule has 0 aliphatic carbocycles. The van der Waals surface area contributed by atoms with Gasteiger partial charge in [-0.25, -0.2) is 0 Å². The molecule has 0 saturated carbocycles. The van der Waals surface area contributed by atoms with Crippen molar-refractivity contribution in [2.75, 3.05) is 50.8 Å². The van der Waals surface area contributed by atoms with Crippen molar-refractivity contribution in [1.82, 2.24) is 85.1 Å². The Balaban J connectivity index is 2.01. The fraction of sp³-hybridized carbons (Fsp3) is 0.659. The molecule has 0 unspecified atom stereocenters. The molecule has 16 atom stereocenters. The number of unbranched alkanes of at least 4 members (excludes halogenated alkanes) is 3. The van der Waals surface area contributed by atoms with E-state index in [0.29, 0.717) is 56.9 Å². The van der Waals surface area contributed by atoms with E-state index in [0.717, 1.165) is 11.1 Å². The van der Waals surface area contributed by atoms with Crippen molar-refractivity contribution in [3.05, 3.63) is 71.3 Å². The first kappa shape index (κ1) is 109. The van der Waals surface area contributed by atoms with E-state index in [1.54, 1.807) is 77.9 Å². The topological polar surface area (TPSA) is 607 Å². The minimum Gasteiger partial charge on any atom is -0.394 e. The van der Waals surface area contributed by atoms with E-state index in [4.69, 9.17) is 22.9 Å². The lowest BCUT2D eigenvalue weighted by Crippen LogP contribution is -2.62. The molecule has 0 radical (unpaired) electrons. The third-order valence-electron chi connectivity index (χ3n) is 20.8. The van der Waals surface area contributed by atoms with E-state index in [9.17, 15) is 86.6 Å². The summed E-state index contributed by atoms with van der Waals surface area (Å²) in [6, 6.07) is -2.77. The highest BCUT2D eigenvalue weighted by atomic mass is 32.2. The van der Waals surface area contributed by atoms with Crippen LogP contribution in [0.1, 0.15) is 190 Å². The van der Waals surface area contributed by atoms with Gasteiger partial charge in [-0.1, -0.05) is 137 Å². The molecular formula is C85H140N20O18S2. The fourth-order valence-corrected chi connectivity index (χ4v) is 15.1. The van der Waals surface area contributed by atoms with Crippen molar-refractivity contribution in [3.63, 3.8) is 0 Å². The molecule has 0 saturated heterocycles. The lowest BCUT2D eigenvalue weighted by molar-refractivity contribution is -0.137. The van der Waals surface area contributed by atoms with Gasteiger partial charge < -0.3 is 113 Å². The van der Waals surface area contributed by atoms with Gasteiger partial charge in [0.2, 0.25) is 100 Å². The molecular weight excluding hydrogens is 1650 g/mol. The van der Waals surface area contributed by atoms with Gasteiger partial charge in [0.05, 0.1) is 19.7 Å². The van der Waals surface area contributed by atoms with Gasteiger partial charge in [-0.05, 0) is 150 Å². The zero-order valence-corrected chi connectivity index (χ0v) is 76.3. The molecule has 0 fully saturated rings. The van der Waals surface area contributed by atoms with Crippen LogP contribution in [0.5, 0.6) is 0 Å². The van der Waals surface area contributed by atoms with Gasteiger partial charge in [0.1, 0.15) is 84.6 Å². The maximum Gasteiger partial charge on any atom is 0.245 e. The molecule has 1 aliphatic rings. The standard InChI is InChI=1S/C85H140N20O18S2/c1-14-50(9)70-84(122)98-60(32-21-24-35-88)76(114)96-59(31-20-23-34-87)77(115)102-65(81(119)93-52(11)73(111)100-64(42-106)80(118)103-69(49(7)8)83(121)105-71(51(10)15-2)85(123)97-58(30-19-22-33-86)75(113)91-41-68(109)94-61(72(89)110)36-47(3)4)45-124-43-56-28-25-29-57(38-56)44-125-46-66(82(120)104-70)101-74(112)53(12)92-78(116)63(39-55-26-17-16-18-27-55)99-79(117)62(37-48(5)6)95-67(108)40-90-54(13)107/h16-18,25-29,38,47-53,58-66,69-71,106H,14-15,19-24,30-37,39-46,86-88H2,1-13H3,(H2,89,110)(H,90,107)(H,91,113)(H,92,116)(H,93,119)(H,94,109)(H,95,108)(H,96,114)(H,97,123)(H,98,122)(H,99,117)(H,100,111)(H,101,112)(H,102,115)(H,103,118)(H,104,120)(H,105,121)/t50-,51-,52-,53-,58-,59-,60-,61-,62-,63-,64-,65-,66-,69-,70-,71-/m0/s1. The summed E-state index contributed by atoms with van der Waals surface area (Å²) in [7, 11) is 0. The van der Waals surface area contributed by atoms with Gasteiger partial charge in [-0.2, -0.15) is 23.5 Å². The molecule has 1 aliphatic heterocycles. The maximum atomic E-state index is 14.9. The SMILES string of the molecule is CC[C@H](C)[C@@H]1NC(=O)[C@@H](NC(=O)[C@H](C)NC(=O)[C@H](Cc2ccccc2)NC(=O)[C@H](CC(C)C)NC(=O)CNC(C)=O)CSCc2cccc(c2)CSC[C@@H](C(=O)N[C@@H](C)C(=O)N[C@@H](CO)C(=O)N[C@H](C(=O)N[C@H](C(=O)N[C@@H](CCCCN)C(=O)NCC(=O)N[C@@H](CC(C)C)C(N)=O)[C@@H](C)CC)C(C)C)NC(=O)[C@H](CCCCN)NC(=O)[C@H](CCCCN)NC1=O. The van der Waals surface area contributed by atoms with E-state index < -0.39 is 222 Å². The van der Waals surface area contributed by atoms with Crippen LogP contribution in [0.3, 0.4) is 0 Å². The second-order valence-electron chi connectivity index (χ2n) is 33.0. The molecule has 17 amide bonds. The fourth-order valence-electron chi connectivity index (χ4n) is 13.1. The van der Waals surface area contributed by atoms with Gasteiger partial charge >= 0.3 is 0 Å². The first-order valence-electron chi connectivity index (χ1n) is 43.2. The summed E-state index contributed by atoms with van der Waals surface area (Å²) in [6.45, 7) is 20.1. The van der Waals surface area contributed by atoms with Crippen LogP contribution < -0.4 is 108 Å². The second-order valence-corrected chi connectivity index (χ2v) is 35.0. The largest absolute Gasteiger partial charge is 0.394 e. The summed E-state index contributed by atoms with van der Waals surface area (Å²) in [5, 5.41) is 53.0. The quantitative estimate of drug-likeness (QED) is 0.0325. The van der Waals surface area contributed by atoms with E-state index >= 15 is 0 Å². The average Bonchev–Trinajstić information content (AvgIpc) is 0.850. The molecule has 2 aromatic rings. The molecule has 0 spiro atoms. The van der Waals surface area contributed by atoms with Crippen LogP contribution in [0.4, 0.5) is 0 Å². The third-order valence-corrected chi connectivity index (χ3v) is 23.1. The van der Waals surface area contributed by atoms with Gasteiger partial charge in [0.25, 0.3) is 0 Å². The number of hydrogen-bond donors (Lipinski definition) is 21. The number of fused-ring (bicyclic) bond motifs is 2. The number of amides is 17. The van der Waals surface area contributed by atoms with Gasteiger partial charge in [0, 0.05) is 36.4 Å². The molecule has 40 heteroatoms. The van der Waals surface area contributed by atoms with Crippen molar-refractivity contribution in [3.8, 4) is 0 Å². The molecule has 1 heterocycles. The monoisotopic (exact) mass is 1790 g/mol. The van der Waals surface area contributed by atoms with E-state index in [-0.39, 0.29) is 93.0 Å². The molecule has 125 heavy (non-hydrogen) atoms.